The minimum absolute atomic E-state index is 0.0291. The molecule has 0 fully saturated rings. The van der Waals surface area contributed by atoms with Gasteiger partial charge in [0.1, 0.15) is 11.4 Å². The van der Waals surface area contributed by atoms with Gasteiger partial charge >= 0.3 is 0 Å². The van der Waals surface area contributed by atoms with Crippen LogP contribution >= 0.6 is 23.2 Å². The van der Waals surface area contributed by atoms with Crippen LogP contribution in [0.4, 0.5) is 0 Å². The molecule has 11 nitrogen and oxygen atoms in total. The second-order valence-electron chi connectivity index (χ2n) is 12.2. The van der Waals surface area contributed by atoms with Crippen LogP contribution in [0.3, 0.4) is 0 Å². The molecule has 2 amide bonds. The quantitative estimate of drug-likeness (QED) is 0.0932. The molecule has 0 atom stereocenters. The van der Waals surface area contributed by atoms with Crippen LogP contribution in [-0.4, -0.2) is 42.0 Å². The maximum Gasteiger partial charge on any atom is 0.297 e. The summed E-state index contributed by atoms with van der Waals surface area (Å²) in [5.74, 6) is -1.07. The van der Waals surface area contributed by atoms with E-state index in [-0.39, 0.29) is 18.0 Å². The van der Waals surface area contributed by atoms with Crippen LogP contribution < -0.4 is 14.8 Å². The van der Waals surface area contributed by atoms with E-state index in [1.165, 1.54) is 6.07 Å². The number of nitrogens with zero attached hydrogens (tertiary/aromatic N) is 1. The molecule has 0 aliphatic carbocycles. The predicted octanol–water partition coefficient (Wildman–Crippen LogP) is 7.75. The van der Waals surface area contributed by atoms with E-state index in [9.17, 15) is 18.0 Å². The first-order valence-electron chi connectivity index (χ1n) is 16.1. The van der Waals surface area contributed by atoms with Gasteiger partial charge < -0.3 is 19.5 Å². The van der Waals surface area contributed by atoms with Crippen LogP contribution in [-0.2, 0) is 23.0 Å². The Balaban J connectivity index is 1.28. The monoisotopic (exact) mass is 747 g/mol. The van der Waals surface area contributed by atoms with Gasteiger partial charge in [0.2, 0.25) is 5.09 Å². The van der Waals surface area contributed by atoms with Crippen molar-refractivity contribution >= 4 is 55.9 Å². The first-order valence-corrected chi connectivity index (χ1v) is 18.3. The molecule has 14 heteroatoms. The lowest BCUT2D eigenvalue weighted by Gasteiger charge is -2.11. The van der Waals surface area contributed by atoms with Crippen molar-refractivity contribution in [3.8, 4) is 16.9 Å². The Morgan fingerprint density at radius 3 is 2.33 bits per heavy atom. The zero-order valence-corrected chi connectivity index (χ0v) is 30.6. The number of halogens is 2. The summed E-state index contributed by atoms with van der Waals surface area (Å²) >= 11 is 13.1. The number of ether oxygens (including phenoxy) is 1. The fourth-order valence-electron chi connectivity index (χ4n) is 6.01. The predicted molar refractivity (Wildman–Crippen MR) is 196 cm³/mol. The van der Waals surface area contributed by atoms with Gasteiger partial charge in [-0.1, -0.05) is 59.6 Å². The van der Waals surface area contributed by atoms with E-state index in [1.54, 1.807) is 12.1 Å². The molecule has 3 aromatic carbocycles. The van der Waals surface area contributed by atoms with Crippen molar-refractivity contribution in [3.63, 3.8) is 0 Å². The summed E-state index contributed by atoms with van der Waals surface area (Å²) in [6.07, 6.45) is 0.841. The standard InChI is InChI=1S/C37H35Cl2N5O6S/c1-20-17-25(18-21(2)33(20)39)49-16-8-11-26-27-12-13-28(38)32(31-22(3)42-43-23(31)4)34(27)41-35(26)37(46)44-51(47,48)30-15-14-29(50-30)36(45)40-19-24-9-6-5-7-10-24/h5-7,9-10,12-15,17-18,41H,8,11,16,19H2,1-4H3,(H,40,45)(H,42,43)(H,44,46). The number of carbonyl (C=O) groups is 2. The van der Waals surface area contributed by atoms with Crippen molar-refractivity contribution in [2.24, 2.45) is 0 Å². The van der Waals surface area contributed by atoms with E-state index in [2.05, 4.69) is 25.2 Å². The molecule has 3 heterocycles. The molecular formula is C37H35Cl2N5O6S. The third-order valence-corrected chi connectivity index (χ3v) is 10.6. The Morgan fingerprint density at radius 1 is 0.922 bits per heavy atom. The molecule has 264 valence electrons. The number of hydrogen-bond donors (Lipinski definition) is 4. The fraction of sp³-hybridized carbons (Fsp3) is 0.216. The van der Waals surface area contributed by atoms with Gasteiger partial charge in [0.15, 0.2) is 5.76 Å². The van der Waals surface area contributed by atoms with Gasteiger partial charge in [0, 0.05) is 33.8 Å². The van der Waals surface area contributed by atoms with Crippen molar-refractivity contribution < 1.29 is 27.2 Å². The molecule has 0 aliphatic rings. The van der Waals surface area contributed by atoms with Gasteiger partial charge in [-0.25, -0.2) is 4.72 Å². The first-order chi connectivity index (χ1) is 24.3. The largest absolute Gasteiger partial charge is 0.494 e. The number of fused-ring (bicyclic) bond motifs is 1. The summed E-state index contributed by atoms with van der Waals surface area (Å²) in [6.45, 7) is 8.05. The van der Waals surface area contributed by atoms with E-state index >= 15 is 0 Å². The number of amides is 2. The number of H-pyrrole nitrogens is 2. The molecule has 0 saturated heterocycles. The Kier molecular flexibility index (Phi) is 10.3. The van der Waals surface area contributed by atoms with E-state index in [0.29, 0.717) is 63.0 Å². The third kappa shape index (κ3) is 7.53. The van der Waals surface area contributed by atoms with Crippen LogP contribution in [0.1, 0.15) is 61.1 Å². The van der Waals surface area contributed by atoms with Gasteiger partial charge in [-0.2, -0.15) is 13.5 Å². The number of hydrogen-bond acceptors (Lipinski definition) is 7. The van der Waals surface area contributed by atoms with Crippen molar-refractivity contribution in [2.75, 3.05) is 6.61 Å². The zero-order chi connectivity index (χ0) is 36.4. The van der Waals surface area contributed by atoms with E-state index in [0.717, 1.165) is 34.0 Å². The lowest BCUT2D eigenvalue weighted by Crippen LogP contribution is -2.31. The highest BCUT2D eigenvalue weighted by Gasteiger charge is 2.28. The molecule has 0 unspecified atom stereocenters. The number of aromatic amines is 2. The van der Waals surface area contributed by atoms with E-state index < -0.39 is 26.9 Å². The van der Waals surface area contributed by atoms with Crippen LogP contribution in [0.2, 0.25) is 10.0 Å². The number of carbonyl (C=O) groups excluding carboxylic acids is 2. The summed E-state index contributed by atoms with van der Waals surface area (Å²) in [5.41, 5.74) is 6.67. The SMILES string of the molecule is Cc1cc(OCCCc2c(C(=O)NS(=O)(=O)c3ccc(C(=O)NCc4ccccc4)o3)[nH]c3c(-c4c(C)n[nH]c4C)c(Cl)ccc23)cc(C)c1Cl. The Hall–Kier alpha value is -5.04. The van der Waals surface area contributed by atoms with E-state index in [4.69, 9.17) is 32.4 Å². The number of sulfonamides is 1. The van der Waals surface area contributed by atoms with Gasteiger partial charge in [-0.15, -0.1) is 0 Å². The summed E-state index contributed by atoms with van der Waals surface area (Å²) in [6, 6.07) is 18.8. The summed E-state index contributed by atoms with van der Waals surface area (Å²) in [5, 5.41) is 11.2. The molecule has 3 aromatic heterocycles. The van der Waals surface area contributed by atoms with E-state index in [1.807, 2.05) is 70.2 Å². The fourth-order valence-corrected chi connectivity index (χ4v) is 7.27. The van der Waals surface area contributed by atoms with Crippen LogP contribution in [0.25, 0.3) is 22.0 Å². The molecule has 51 heavy (non-hydrogen) atoms. The minimum atomic E-state index is -4.53. The molecule has 6 rings (SSSR count). The second-order valence-corrected chi connectivity index (χ2v) is 14.6. The van der Waals surface area contributed by atoms with Crippen molar-refractivity contribution in [1.82, 2.24) is 25.2 Å². The molecule has 0 spiro atoms. The minimum Gasteiger partial charge on any atom is -0.494 e. The average molecular weight is 749 g/mol. The van der Waals surface area contributed by atoms with Gasteiger partial charge in [-0.05, 0) is 93.1 Å². The zero-order valence-electron chi connectivity index (χ0n) is 28.2. The Labute approximate surface area is 304 Å². The van der Waals surface area contributed by atoms with Crippen molar-refractivity contribution in [1.29, 1.82) is 0 Å². The maximum absolute atomic E-state index is 13.9. The van der Waals surface area contributed by atoms with Crippen molar-refractivity contribution in [2.45, 2.75) is 52.2 Å². The molecule has 0 saturated carbocycles. The molecule has 6 aromatic rings. The number of aromatic nitrogens is 3. The summed E-state index contributed by atoms with van der Waals surface area (Å²) in [7, 11) is -4.53. The lowest BCUT2D eigenvalue weighted by atomic mass is 9.98. The number of aryl methyl sites for hydroxylation is 5. The maximum atomic E-state index is 13.9. The van der Waals surface area contributed by atoms with Crippen LogP contribution in [0.5, 0.6) is 5.75 Å². The number of benzene rings is 3. The van der Waals surface area contributed by atoms with Gasteiger partial charge in [-0.3, -0.25) is 14.7 Å². The molecule has 0 bridgehead atoms. The molecular weight excluding hydrogens is 713 g/mol. The van der Waals surface area contributed by atoms with Crippen LogP contribution in [0, 0.1) is 27.7 Å². The number of nitrogens with one attached hydrogen (secondary N) is 4. The highest BCUT2D eigenvalue weighted by Crippen LogP contribution is 2.40. The second kappa shape index (κ2) is 14.7. The normalized spacial score (nSPS) is 11.6. The summed E-state index contributed by atoms with van der Waals surface area (Å²) < 4.78 is 40.4. The van der Waals surface area contributed by atoms with Gasteiger partial charge in [0.25, 0.3) is 21.8 Å². The highest BCUT2D eigenvalue weighted by molar-refractivity contribution is 7.90. The van der Waals surface area contributed by atoms with Gasteiger partial charge in [0.05, 0.1) is 22.8 Å². The number of rotatable bonds is 12. The number of furan rings is 1. The molecule has 4 N–H and O–H groups in total. The molecule has 0 radical (unpaired) electrons. The first kappa shape index (κ1) is 35.8. The van der Waals surface area contributed by atoms with Crippen molar-refractivity contribution in [3.05, 3.63) is 122 Å². The summed E-state index contributed by atoms with van der Waals surface area (Å²) in [4.78, 5) is 29.7. The highest BCUT2D eigenvalue weighted by atomic mass is 35.5. The topological polar surface area (TPSA) is 159 Å². The Bertz CT molecular complexity index is 2340. The smallest absolute Gasteiger partial charge is 0.297 e. The Morgan fingerprint density at radius 2 is 1.65 bits per heavy atom. The van der Waals surface area contributed by atoms with Crippen LogP contribution in [0.15, 0.2) is 76.2 Å². The molecule has 0 aliphatic heterocycles. The average Bonchev–Trinajstić information content (AvgIpc) is 3.83. The third-order valence-electron chi connectivity index (χ3n) is 8.48. The lowest BCUT2D eigenvalue weighted by molar-refractivity contribution is 0.0917.